The number of benzene rings is 1. The second-order valence-corrected chi connectivity index (χ2v) is 4.80. The van der Waals surface area contributed by atoms with Crippen molar-refractivity contribution in [2.45, 2.75) is 20.1 Å². The molecule has 0 saturated heterocycles. The van der Waals surface area contributed by atoms with E-state index in [1.54, 1.807) is 30.6 Å². The number of nitrogens with zero attached hydrogens (tertiary/aromatic N) is 2. The molecule has 1 N–H and O–H groups in total. The second kappa shape index (κ2) is 7.21. The average molecular weight is 339 g/mol. The van der Waals surface area contributed by atoms with Crippen LogP contribution in [0, 0.1) is 0 Å². The standard InChI is InChI=1S/C14H15BrN2O3/c1-2-19-12-7-10(8-18)6-11(15)14(12)20-9-13-16-4-3-5-17-13/h3-7,18H,2,8-9H2,1H3. The third-order valence-corrected chi connectivity index (χ3v) is 3.11. The molecule has 0 saturated carbocycles. The summed E-state index contributed by atoms with van der Waals surface area (Å²) in [5, 5.41) is 9.22. The van der Waals surface area contributed by atoms with Gasteiger partial charge in [0.25, 0.3) is 0 Å². The lowest BCUT2D eigenvalue weighted by Crippen LogP contribution is -2.04. The summed E-state index contributed by atoms with van der Waals surface area (Å²) in [6.45, 7) is 2.60. The third kappa shape index (κ3) is 3.68. The molecule has 0 unspecified atom stereocenters. The van der Waals surface area contributed by atoms with Crippen LogP contribution in [-0.2, 0) is 13.2 Å². The molecule has 1 heterocycles. The summed E-state index contributed by atoms with van der Waals surface area (Å²) >= 11 is 3.43. The quantitative estimate of drug-likeness (QED) is 0.877. The van der Waals surface area contributed by atoms with Crippen molar-refractivity contribution in [1.82, 2.24) is 9.97 Å². The van der Waals surface area contributed by atoms with Crippen LogP contribution in [-0.4, -0.2) is 21.7 Å². The SMILES string of the molecule is CCOc1cc(CO)cc(Br)c1OCc1ncccn1. The number of hydrogen-bond acceptors (Lipinski definition) is 5. The Kier molecular flexibility index (Phi) is 5.31. The zero-order valence-corrected chi connectivity index (χ0v) is 12.6. The Morgan fingerprint density at radius 2 is 1.95 bits per heavy atom. The smallest absolute Gasteiger partial charge is 0.176 e. The van der Waals surface area contributed by atoms with Crippen LogP contribution in [0.25, 0.3) is 0 Å². The van der Waals surface area contributed by atoms with E-state index in [-0.39, 0.29) is 13.2 Å². The molecular weight excluding hydrogens is 324 g/mol. The Labute approximate surface area is 125 Å². The predicted molar refractivity (Wildman–Crippen MR) is 77.6 cm³/mol. The zero-order chi connectivity index (χ0) is 14.4. The molecule has 6 heteroatoms. The topological polar surface area (TPSA) is 64.5 Å². The number of aliphatic hydroxyl groups is 1. The normalized spacial score (nSPS) is 10.3. The first-order chi connectivity index (χ1) is 9.74. The first-order valence-electron chi connectivity index (χ1n) is 6.19. The number of hydrogen-bond donors (Lipinski definition) is 1. The monoisotopic (exact) mass is 338 g/mol. The minimum atomic E-state index is -0.0548. The first kappa shape index (κ1) is 14.7. The molecular formula is C14H15BrN2O3. The Bertz CT molecular complexity index is 564. The molecule has 2 rings (SSSR count). The Hall–Kier alpha value is -1.66. The van der Waals surface area contributed by atoms with Gasteiger partial charge in [-0.15, -0.1) is 0 Å². The molecule has 0 amide bonds. The maximum Gasteiger partial charge on any atom is 0.176 e. The van der Waals surface area contributed by atoms with E-state index in [0.29, 0.717) is 23.9 Å². The van der Waals surface area contributed by atoms with Gasteiger partial charge in [-0.1, -0.05) is 0 Å². The van der Waals surface area contributed by atoms with Gasteiger partial charge in [-0.2, -0.15) is 0 Å². The largest absolute Gasteiger partial charge is 0.490 e. The maximum absolute atomic E-state index is 9.22. The van der Waals surface area contributed by atoms with Gasteiger partial charge in [0, 0.05) is 12.4 Å². The molecule has 0 aliphatic rings. The molecule has 0 aliphatic carbocycles. The fourth-order valence-electron chi connectivity index (χ4n) is 1.66. The molecule has 0 bridgehead atoms. The molecule has 20 heavy (non-hydrogen) atoms. The zero-order valence-electron chi connectivity index (χ0n) is 11.0. The lowest BCUT2D eigenvalue weighted by atomic mass is 10.2. The summed E-state index contributed by atoms with van der Waals surface area (Å²) in [4.78, 5) is 8.20. The molecule has 0 radical (unpaired) electrons. The minimum absolute atomic E-state index is 0.0548. The van der Waals surface area contributed by atoms with Gasteiger partial charge in [0.05, 0.1) is 17.7 Å². The van der Waals surface area contributed by atoms with Crippen molar-refractivity contribution in [2.75, 3.05) is 6.61 Å². The number of aromatic nitrogens is 2. The minimum Gasteiger partial charge on any atom is -0.490 e. The van der Waals surface area contributed by atoms with Crippen molar-refractivity contribution in [3.05, 3.63) is 46.5 Å². The van der Waals surface area contributed by atoms with Crippen molar-refractivity contribution in [3.63, 3.8) is 0 Å². The highest BCUT2D eigenvalue weighted by molar-refractivity contribution is 9.10. The van der Waals surface area contributed by atoms with Gasteiger partial charge in [0.15, 0.2) is 17.3 Å². The van der Waals surface area contributed by atoms with Gasteiger partial charge in [-0.05, 0) is 46.6 Å². The van der Waals surface area contributed by atoms with Gasteiger partial charge >= 0.3 is 0 Å². The fraction of sp³-hybridized carbons (Fsp3) is 0.286. The lowest BCUT2D eigenvalue weighted by molar-refractivity contribution is 0.257. The summed E-state index contributed by atoms with van der Waals surface area (Å²) in [7, 11) is 0. The van der Waals surface area contributed by atoms with E-state index < -0.39 is 0 Å². The molecule has 5 nitrogen and oxygen atoms in total. The summed E-state index contributed by atoms with van der Waals surface area (Å²) in [5.41, 5.74) is 0.753. The maximum atomic E-state index is 9.22. The average Bonchev–Trinajstić information content (AvgIpc) is 2.47. The van der Waals surface area contributed by atoms with Crippen LogP contribution in [0.5, 0.6) is 11.5 Å². The predicted octanol–water partition coefficient (Wildman–Crippen LogP) is 2.71. The van der Waals surface area contributed by atoms with Crippen LogP contribution in [0.15, 0.2) is 35.1 Å². The van der Waals surface area contributed by atoms with Gasteiger partial charge in [-0.25, -0.2) is 9.97 Å². The van der Waals surface area contributed by atoms with Gasteiger partial charge in [0.2, 0.25) is 0 Å². The molecule has 106 valence electrons. The van der Waals surface area contributed by atoms with E-state index in [0.717, 1.165) is 10.0 Å². The van der Waals surface area contributed by atoms with Crippen LogP contribution in [0.4, 0.5) is 0 Å². The Morgan fingerprint density at radius 1 is 1.20 bits per heavy atom. The highest BCUT2D eigenvalue weighted by Crippen LogP contribution is 2.37. The number of ether oxygens (including phenoxy) is 2. The fourth-order valence-corrected chi connectivity index (χ4v) is 2.26. The van der Waals surface area contributed by atoms with Crippen molar-refractivity contribution in [3.8, 4) is 11.5 Å². The van der Waals surface area contributed by atoms with E-state index in [2.05, 4.69) is 25.9 Å². The van der Waals surface area contributed by atoms with Crippen molar-refractivity contribution in [1.29, 1.82) is 0 Å². The lowest BCUT2D eigenvalue weighted by Gasteiger charge is -2.14. The molecule has 1 aromatic heterocycles. The van der Waals surface area contributed by atoms with Crippen molar-refractivity contribution >= 4 is 15.9 Å². The number of rotatable bonds is 6. The second-order valence-electron chi connectivity index (χ2n) is 3.95. The van der Waals surface area contributed by atoms with Crippen molar-refractivity contribution in [2.24, 2.45) is 0 Å². The molecule has 2 aromatic rings. The van der Waals surface area contributed by atoms with Gasteiger partial charge in [0.1, 0.15) is 6.61 Å². The summed E-state index contributed by atoms with van der Waals surface area (Å²) < 4.78 is 12.0. The Balaban J connectivity index is 2.21. The number of aliphatic hydroxyl groups excluding tert-OH is 1. The van der Waals surface area contributed by atoms with Crippen molar-refractivity contribution < 1.29 is 14.6 Å². The summed E-state index contributed by atoms with van der Waals surface area (Å²) in [5.74, 6) is 1.76. The van der Waals surface area contributed by atoms with Crippen LogP contribution < -0.4 is 9.47 Å². The summed E-state index contributed by atoms with van der Waals surface area (Å²) in [6.07, 6.45) is 3.33. The molecule has 0 spiro atoms. The van der Waals surface area contributed by atoms with E-state index in [1.807, 2.05) is 6.92 Å². The molecule has 0 fully saturated rings. The van der Waals surface area contributed by atoms with E-state index in [1.165, 1.54) is 0 Å². The molecule has 0 atom stereocenters. The first-order valence-corrected chi connectivity index (χ1v) is 6.98. The van der Waals surface area contributed by atoms with Gasteiger partial charge in [-0.3, -0.25) is 0 Å². The van der Waals surface area contributed by atoms with Crippen LogP contribution in [0.2, 0.25) is 0 Å². The highest BCUT2D eigenvalue weighted by Gasteiger charge is 2.12. The summed E-state index contributed by atoms with van der Waals surface area (Å²) in [6, 6.07) is 5.31. The van der Waals surface area contributed by atoms with E-state index in [4.69, 9.17) is 9.47 Å². The van der Waals surface area contributed by atoms with Crippen LogP contribution in [0.3, 0.4) is 0 Å². The number of halogens is 1. The van der Waals surface area contributed by atoms with Crippen LogP contribution in [0.1, 0.15) is 18.3 Å². The van der Waals surface area contributed by atoms with E-state index in [9.17, 15) is 5.11 Å². The molecule has 0 aliphatic heterocycles. The van der Waals surface area contributed by atoms with Crippen LogP contribution >= 0.6 is 15.9 Å². The van der Waals surface area contributed by atoms with E-state index >= 15 is 0 Å². The third-order valence-electron chi connectivity index (χ3n) is 2.52. The Morgan fingerprint density at radius 3 is 2.60 bits per heavy atom. The molecule has 1 aromatic carbocycles. The highest BCUT2D eigenvalue weighted by atomic mass is 79.9. The van der Waals surface area contributed by atoms with Gasteiger partial charge < -0.3 is 14.6 Å².